The van der Waals surface area contributed by atoms with E-state index in [1.807, 2.05) is 54.6 Å². The molecule has 1 amide bonds. The second-order valence-electron chi connectivity index (χ2n) is 6.02. The summed E-state index contributed by atoms with van der Waals surface area (Å²) >= 11 is 1.55. The molecule has 0 fully saturated rings. The number of anilines is 1. The van der Waals surface area contributed by atoms with Crippen molar-refractivity contribution < 1.29 is 9.53 Å². The molecule has 0 radical (unpaired) electrons. The van der Waals surface area contributed by atoms with Crippen LogP contribution in [0.3, 0.4) is 0 Å². The summed E-state index contributed by atoms with van der Waals surface area (Å²) in [7, 11) is 0. The molecule has 5 nitrogen and oxygen atoms in total. The van der Waals surface area contributed by atoms with Crippen LogP contribution in [0.2, 0.25) is 0 Å². The maximum absolute atomic E-state index is 12.2. The van der Waals surface area contributed by atoms with Gasteiger partial charge in [-0.2, -0.15) is 0 Å². The predicted octanol–water partition coefficient (Wildman–Crippen LogP) is 4.92. The Morgan fingerprint density at radius 2 is 2.04 bits per heavy atom. The molecule has 0 bridgehead atoms. The van der Waals surface area contributed by atoms with E-state index in [1.165, 1.54) is 6.08 Å². The van der Waals surface area contributed by atoms with E-state index in [4.69, 9.17) is 4.74 Å². The van der Waals surface area contributed by atoms with Crippen LogP contribution in [-0.2, 0) is 11.4 Å². The Balaban J connectivity index is 1.37. The molecule has 6 heteroatoms. The third-order valence-electron chi connectivity index (χ3n) is 3.92. The molecule has 0 spiro atoms. The molecule has 0 saturated heterocycles. The lowest BCUT2D eigenvalue weighted by Gasteiger charge is -2.08. The van der Waals surface area contributed by atoms with E-state index >= 15 is 0 Å². The highest BCUT2D eigenvalue weighted by molar-refractivity contribution is 7.19. The first kappa shape index (κ1) is 17.9. The van der Waals surface area contributed by atoms with Crippen molar-refractivity contribution >= 4 is 39.2 Å². The molecule has 28 heavy (non-hydrogen) atoms. The van der Waals surface area contributed by atoms with E-state index in [2.05, 4.69) is 15.3 Å². The van der Waals surface area contributed by atoms with Crippen molar-refractivity contribution in [3.63, 3.8) is 0 Å². The zero-order valence-electron chi connectivity index (χ0n) is 14.9. The first-order chi connectivity index (χ1) is 13.8. The highest BCUT2D eigenvalue weighted by atomic mass is 32.1. The summed E-state index contributed by atoms with van der Waals surface area (Å²) in [5.41, 5.74) is 2.59. The van der Waals surface area contributed by atoms with Gasteiger partial charge in [-0.3, -0.25) is 9.78 Å². The molecular weight excluding hydrogens is 370 g/mol. The summed E-state index contributed by atoms with van der Waals surface area (Å²) in [6, 6.07) is 19.0. The summed E-state index contributed by atoms with van der Waals surface area (Å²) in [5, 5.41) is 3.64. The number of thiazole rings is 1. The molecule has 0 unspecified atom stereocenters. The van der Waals surface area contributed by atoms with Crippen molar-refractivity contribution in [1.29, 1.82) is 0 Å². The van der Waals surface area contributed by atoms with Gasteiger partial charge < -0.3 is 10.1 Å². The minimum Gasteiger partial charge on any atom is -0.489 e. The molecule has 1 N–H and O–H groups in total. The number of nitrogens with zero attached hydrogens (tertiary/aromatic N) is 2. The van der Waals surface area contributed by atoms with Gasteiger partial charge in [0.1, 0.15) is 17.4 Å². The van der Waals surface area contributed by atoms with Crippen molar-refractivity contribution in [2.45, 2.75) is 6.61 Å². The van der Waals surface area contributed by atoms with Crippen LogP contribution in [0.15, 0.2) is 79.1 Å². The highest BCUT2D eigenvalue weighted by Crippen LogP contribution is 2.22. The van der Waals surface area contributed by atoms with Crippen molar-refractivity contribution in [1.82, 2.24) is 9.97 Å². The van der Waals surface area contributed by atoms with Crippen LogP contribution in [-0.4, -0.2) is 15.9 Å². The number of para-hydroxylation sites is 1. The Bertz CT molecular complexity index is 1090. The molecule has 138 valence electrons. The lowest BCUT2D eigenvalue weighted by Crippen LogP contribution is -2.07. The minimum absolute atomic E-state index is 0.219. The Labute approximate surface area is 166 Å². The molecule has 0 aliphatic carbocycles. The number of amides is 1. The van der Waals surface area contributed by atoms with E-state index in [9.17, 15) is 4.79 Å². The predicted molar refractivity (Wildman–Crippen MR) is 112 cm³/mol. The van der Waals surface area contributed by atoms with Crippen LogP contribution < -0.4 is 10.1 Å². The fourth-order valence-corrected chi connectivity index (χ4v) is 3.48. The lowest BCUT2D eigenvalue weighted by atomic mass is 10.3. The van der Waals surface area contributed by atoms with E-state index in [-0.39, 0.29) is 5.91 Å². The van der Waals surface area contributed by atoms with Gasteiger partial charge in [0.15, 0.2) is 0 Å². The van der Waals surface area contributed by atoms with E-state index in [0.29, 0.717) is 18.0 Å². The zero-order chi connectivity index (χ0) is 19.2. The third-order valence-corrected chi connectivity index (χ3v) is 4.92. The zero-order valence-corrected chi connectivity index (χ0v) is 15.7. The Morgan fingerprint density at radius 1 is 1.11 bits per heavy atom. The van der Waals surface area contributed by atoms with E-state index in [1.54, 1.807) is 35.9 Å². The lowest BCUT2D eigenvalue weighted by molar-refractivity contribution is -0.111. The number of carbonyl (C=O) groups is 1. The van der Waals surface area contributed by atoms with E-state index < -0.39 is 0 Å². The highest BCUT2D eigenvalue weighted by Gasteiger charge is 2.03. The van der Waals surface area contributed by atoms with Crippen molar-refractivity contribution in [2.24, 2.45) is 0 Å². The summed E-state index contributed by atoms with van der Waals surface area (Å²) in [6.45, 7) is 0.419. The van der Waals surface area contributed by atoms with Gasteiger partial charge in [-0.1, -0.05) is 24.3 Å². The smallest absolute Gasteiger partial charge is 0.248 e. The summed E-state index contributed by atoms with van der Waals surface area (Å²) in [4.78, 5) is 20.8. The average Bonchev–Trinajstić information content (AvgIpc) is 3.15. The number of rotatable bonds is 6. The molecular formula is C22H17N3O2S. The molecule has 0 saturated carbocycles. The third kappa shape index (κ3) is 4.61. The normalized spacial score (nSPS) is 11.0. The van der Waals surface area contributed by atoms with Gasteiger partial charge in [-0.05, 0) is 36.4 Å². The summed E-state index contributed by atoms with van der Waals surface area (Å²) < 4.78 is 6.86. The number of hydrogen-bond acceptors (Lipinski definition) is 5. The van der Waals surface area contributed by atoms with Crippen LogP contribution in [0.1, 0.15) is 10.6 Å². The Kier molecular flexibility index (Phi) is 5.40. The van der Waals surface area contributed by atoms with Crippen LogP contribution in [0.4, 0.5) is 5.69 Å². The number of pyridine rings is 1. The van der Waals surface area contributed by atoms with Crippen molar-refractivity contribution in [3.05, 3.63) is 89.7 Å². The molecule has 2 heterocycles. The van der Waals surface area contributed by atoms with Crippen molar-refractivity contribution in [3.8, 4) is 5.75 Å². The second kappa shape index (κ2) is 8.45. The van der Waals surface area contributed by atoms with Crippen LogP contribution in [0, 0.1) is 0 Å². The SMILES string of the molecule is O=C(C=Cc1nc2ccccc2s1)Nc1cccc(OCc2cccnc2)c1. The average molecular weight is 387 g/mol. The minimum atomic E-state index is -0.219. The first-order valence-corrected chi connectivity index (χ1v) is 9.54. The van der Waals surface area contributed by atoms with Gasteiger partial charge in [0.2, 0.25) is 5.91 Å². The maximum atomic E-state index is 12.2. The standard InChI is InChI=1S/C22H17N3O2S/c26-21(10-11-22-25-19-8-1-2-9-20(19)28-22)24-17-6-3-7-18(13-17)27-15-16-5-4-12-23-14-16/h1-14H,15H2,(H,24,26). The summed E-state index contributed by atoms with van der Waals surface area (Å²) in [5.74, 6) is 0.459. The van der Waals surface area contributed by atoms with Gasteiger partial charge >= 0.3 is 0 Å². The van der Waals surface area contributed by atoms with Gasteiger partial charge in [0, 0.05) is 35.8 Å². The monoisotopic (exact) mass is 387 g/mol. The second-order valence-corrected chi connectivity index (χ2v) is 7.08. The van der Waals surface area contributed by atoms with Gasteiger partial charge in [0.25, 0.3) is 0 Å². The maximum Gasteiger partial charge on any atom is 0.248 e. The van der Waals surface area contributed by atoms with Crippen LogP contribution in [0.25, 0.3) is 16.3 Å². The number of benzene rings is 2. The van der Waals surface area contributed by atoms with Gasteiger partial charge in [0.05, 0.1) is 10.2 Å². The topological polar surface area (TPSA) is 64.1 Å². The van der Waals surface area contributed by atoms with Gasteiger partial charge in [-0.15, -0.1) is 11.3 Å². The largest absolute Gasteiger partial charge is 0.489 e. The quantitative estimate of drug-likeness (QED) is 0.477. The number of carbonyl (C=O) groups excluding carboxylic acids is 1. The molecule has 2 aromatic carbocycles. The molecule has 4 rings (SSSR count). The fourth-order valence-electron chi connectivity index (χ4n) is 2.61. The first-order valence-electron chi connectivity index (χ1n) is 8.73. The number of ether oxygens (including phenoxy) is 1. The number of hydrogen-bond donors (Lipinski definition) is 1. The Hall–Kier alpha value is -3.51. The molecule has 0 aliphatic rings. The van der Waals surface area contributed by atoms with Crippen molar-refractivity contribution in [2.75, 3.05) is 5.32 Å². The van der Waals surface area contributed by atoms with Gasteiger partial charge in [-0.25, -0.2) is 4.98 Å². The summed E-state index contributed by atoms with van der Waals surface area (Å²) in [6.07, 6.45) is 6.70. The molecule has 0 atom stereocenters. The molecule has 4 aromatic rings. The van der Waals surface area contributed by atoms with Crippen LogP contribution >= 0.6 is 11.3 Å². The molecule has 2 aromatic heterocycles. The fraction of sp³-hybridized carbons (Fsp3) is 0.0455. The number of nitrogens with one attached hydrogen (secondary N) is 1. The van der Waals surface area contributed by atoms with E-state index in [0.717, 1.165) is 20.8 Å². The number of fused-ring (bicyclic) bond motifs is 1. The molecule has 0 aliphatic heterocycles. The number of aromatic nitrogens is 2. The van der Waals surface area contributed by atoms with Crippen LogP contribution in [0.5, 0.6) is 5.75 Å². The Morgan fingerprint density at radius 3 is 2.89 bits per heavy atom.